The van der Waals surface area contributed by atoms with Crippen molar-refractivity contribution in [3.63, 3.8) is 0 Å². The molecule has 1 heterocycles. The molecule has 1 unspecified atom stereocenters. The van der Waals surface area contributed by atoms with E-state index in [0.29, 0.717) is 12.5 Å². The second-order valence-electron chi connectivity index (χ2n) is 6.74. The van der Waals surface area contributed by atoms with Crippen molar-refractivity contribution < 1.29 is 14.0 Å². The van der Waals surface area contributed by atoms with Crippen molar-refractivity contribution in [1.29, 1.82) is 0 Å². The number of carbonyl (C=O) groups excluding carboxylic acids is 1. The van der Waals surface area contributed by atoms with E-state index in [0.717, 1.165) is 6.42 Å². The van der Waals surface area contributed by atoms with E-state index in [1.165, 1.54) is 0 Å². The van der Waals surface area contributed by atoms with Gasteiger partial charge in [0.05, 0.1) is 6.61 Å². The molecule has 5 heteroatoms. The summed E-state index contributed by atoms with van der Waals surface area (Å²) in [6.07, 6.45) is 0.784. The highest BCUT2D eigenvalue weighted by Crippen LogP contribution is 2.37. The zero-order valence-electron chi connectivity index (χ0n) is 12.2. The van der Waals surface area contributed by atoms with E-state index < -0.39 is 8.32 Å². The Morgan fingerprint density at radius 1 is 1.44 bits per heavy atom. The fourth-order valence-corrected chi connectivity index (χ4v) is 3.02. The zero-order chi connectivity index (χ0) is 14.1. The molecule has 1 rings (SSSR count). The smallest absolute Gasteiger partial charge is 0.320 e. The number of cyclic esters (lactones) is 1. The van der Waals surface area contributed by atoms with Crippen LogP contribution >= 0.6 is 15.9 Å². The van der Waals surface area contributed by atoms with Crippen LogP contribution in [0, 0.1) is 5.92 Å². The summed E-state index contributed by atoms with van der Waals surface area (Å²) in [4.78, 5) is 11.5. The van der Waals surface area contributed by atoms with Crippen LogP contribution in [-0.2, 0) is 14.0 Å². The highest BCUT2D eigenvalue weighted by molar-refractivity contribution is 9.10. The largest absolute Gasteiger partial charge is 0.459 e. The van der Waals surface area contributed by atoms with Crippen molar-refractivity contribution >= 4 is 30.2 Å². The minimum atomic E-state index is -1.75. The van der Waals surface area contributed by atoms with E-state index in [4.69, 9.17) is 9.16 Å². The summed E-state index contributed by atoms with van der Waals surface area (Å²) < 4.78 is 11.5. The van der Waals surface area contributed by atoms with Gasteiger partial charge >= 0.3 is 5.97 Å². The van der Waals surface area contributed by atoms with Crippen LogP contribution in [0.1, 0.15) is 34.1 Å². The SMILES string of the molecule is C[C@@H]1C[C@@H](CO[Si](C)(C)C(C)(C)C)OC(=O)C1Br. The van der Waals surface area contributed by atoms with Crippen molar-refractivity contribution in [2.75, 3.05) is 6.61 Å². The standard InChI is InChI=1S/C13H25BrO3Si/c1-9-7-10(17-12(15)11(9)14)8-16-18(5,6)13(2,3)4/h9-11H,7-8H2,1-6H3/t9-,10+,11?/m1/s1. The number of alkyl halides is 1. The number of halogens is 1. The lowest BCUT2D eigenvalue weighted by atomic mass is 9.97. The molecule has 0 radical (unpaired) electrons. The third-order valence-electron chi connectivity index (χ3n) is 4.08. The van der Waals surface area contributed by atoms with E-state index in [1.807, 2.05) is 0 Å². The fraction of sp³-hybridized carbons (Fsp3) is 0.923. The minimum Gasteiger partial charge on any atom is -0.459 e. The van der Waals surface area contributed by atoms with Crippen molar-refractivity contribution in [2.24, 2.45) is 5.92 Å². The van der Waals surface area contributed by atoms with Crippen LogP contribution in [0.4, 0.5) is 0 Å². The molecule has 0 saturated carbocycles. The van der Waals surface area contributed by atoms with Gasteiger partial charge in [-0.25, -0.2) is 0 Å². The van der Waals surface area contributed by atoms with Crippen LogP contribution in [0.15, 0.2) is 0 Å². The van der Waals surface area contributed by atoms with E-state index in [9.17, 15) is 4.79 Å². The van der Waals surface area contributed by atoms with Crippen molar-refractivity contribution in [2.45, 2.75) is 63.2 Å². The van der Waals surface area contributed by atoms with Gasteiger partial charge in [-0.15, -0.1) is 0 Å². The quantitative estimate of drug-likeness (QED) is 0.447. The monoisotopic (exact) mass is 336 g/mol. The minimum absolute atomic E-state index is 0.0876. The highest BCUT2D eigenvalue weighted by Gasteiger charge is 2.39. The molecule has 0 amide bonds. The maximum Gasteiger partial charge on any atom is 0.320 e. The first-order chi connectivity index (χ1) is 8.04. The number of ether oxygens (including phenoxy) is 1. The van der Waals surface area contributed by atoms with Gasteiger partial charge in [-0.3, -0.25) is 4.79 Å². The van der Waals surface area contributed by atoms with Gasteiger partial charge in [0.25, 0.3) is 0 Å². The molecular formula is C13H25BrO3Si. The predicted molar refractivity (Wildman–Crippen MR) is 79.5 cm³/mol. The third kappa shape index (κ3) is 3.81. The van der Waals surface area contributed by atoms with Crippen LogP contribution in [0.3, 0.4) is 0 Å². The average molecular weight is 337 g/mol. The fourth-order valence-electron chi connectivity index (χ4n) is 1.66. The number of rotatable bonds is 3. The Bertz CT molecular complexity index is 312. The van der Waals surface area contributed by atoms with Gasteiger partial charge in [0.1, 0.15) is 10.9 Å². The van der Waals surface area contributed by atoms with Crippen LogP contribution < -0.4 is 0 Å². The molecule has 0 aromatic rings. The van der Waals surface area contributed by atoms with Gasteiger partial charge < -0.3 is 9.16 Å². The molecule has 18 heavy (non-hydrogen) atoms. The lowest BCUT2D eigenvalue weighted by Gasteiger charge is -2.38. The summed E-state index contributed by atoms with van der Waals surface area (Å²) in [5.74, 6) is 0.150. The first-order valence-electron chi connectivity index (χ1n) is 6.53. The normalized spacial score (nSPS) is 30.2. The maximum absolute atomic E-state index is 11.6. The summed E-state index contributed by atoms with van der Waals surface area (Å²) in [6, 6.07) is 0. The molecule has 0 aromatic heterocycles. The van der Waals surface area contributed by atoms with Crippen molar-refractivity contribution in [1.82, 2.24) is 0 Å². The molecule has 1 aliphatic heterocycles. The molecule has 106 valence electrons. The van der Waals surface area contributed by atoms with Crippen LogP contribution in [0.5, 0.6) is 0 Å². The van der Waals surface area contributed by atoms with Gasteiger partial charge in [0, 0.05) is 0 Å². The summed E-state index contributed by atoms with van der Waals surface area (Å²) in [6.45, 7) is 13.7. The van der Waals surface area contributed by atoms with Crippen LogP contribution in [-0.4, -0.2) is 31.8 Å². The van der Waals surface area contributed by atoms with Gasteiger partial charge in [-0.2, -0.15) is 0 Å². The van der Waals surface area contributed by atoms with Gasteiger partial charge in [-0.05, 0) is 30.5 Å². The molecule has 0 aromatic carbocycles. The molecule has 1 aliphatic rings. The van der Waals surface area contributed by atoms with E-state index in [2.05, 4.69) is 56.7 Å². The molecule has 0 bridgehead atoms. The topological polar surface area (TPSA) is 35.5 Å². The Hall–Kier alpha value is 0.127. The molecule has 3 nitrogen and oxygen atoms in total. The Morgan fingerprint density at radius 3 is 2.44 bits per heavy atom. The molecular weight excluding hydrogens is 312 g/mol. The Labute approximate surface area is 120 Å². The maximum atomic E-state index is 11.6. The van der Waals surface area contributed by atoms with E-state index >= 15 is 0 Å². The summed E-state index contributed by atoms with van der Waals surface area (Å²) >= 11 is 3.36. The zero-order valence-corrected chi connectivity index (χ0v) is 14.8. The molecule has 0 aliphatic carbocycles. The molecule has 0 N–H and O–H groups in total. The van der Waals surface area contributed by atoms with Crippen LogP contribution in [0.2, 0.25) is 18.1 Å². The molecule has 3 atom stereocenters. The van der Waals surface area contributed by atoms with Crippen molar-refractivity contribution in [3.05, 3.63) is 0 Å². The first-order valence-corrected chi connectivity index (χ1v) is 10.4. The van der Waals surface area contributed by atoms with E-state index in [1.54, 1.807) is 0 Å². The number of carbonyl (C=O) groups is 1. The van der Waals surface area contributed by atoms with Gasteiger partial charge in [-0.1, -0.05) is 43.6 Å². The second kappa shape index (κ2) is 5.63. The molecule has 0 spiro atoms. The lowest BCUT2D eigenvalue weighted by molar-refractivity contribution is -0.157. The summed E-state index contributed by atoms with van der Waals surface area (Å²) in [5.41, 5.74) is 0. The van der Waals surface area contributed by atoms with Crippen LogP contribution in [0.25, 0.3) is 0 Å². The summed E-state index contributed by atoms with van der Waals surface area (Å²) in [7, 11) is -1.75. The summed E-state index contributed by atoms with van der Waals surface area (Å²) in [5, 5.41) is 0.190. The Balaban J connectivity index is 2.53. The number of esters is 1. The van der Waals surface area contributed by atoms with E-state index in [-0.39, 0.29) is 21.9 Å². The van der Waals surface area contributed by atoms with Crippen molar-refractivity contribution in [3.8, 4) is 0 Å². The van der Waals surface area contributed by atoms with Gasteiger partial charge in [0.15, 0.2) is 8.32 Å². The Morgan fingerprint density at radius 2 is 2.00 bits per heavy atom. The number of hydrogen-bond donors (Lipinski definition) is 0. The number of hydrogen-bond acceptors (Lipinski definition) is 3. The highest BCUT2D eigenvalue weighted by atomic mass is 79.9. The average Bonchev–Trinajstić information content (AvgIpc) is 2.21. The second-order valence-corrected chi connectivity index (χ2v) is 12.5. The first kappa shape index (κ1) is 16.2. The molecule has 1 saturated heterocycles. The predicted octanol–water partition coefficient (Wildman–Crippen LogP) is 3.72. The molecule has 1 fully saturated rings. The lowest BCUT2D eigenvalue weighted by Crippen LogP contribution is -2.45. The van der Waals surface area contributed by atoms with Gasteiger partial charge in [0.2, 0.25) is 0 Å². The third-order valence-corrected chi connectivity index (χ3v) is 9.86. The Kier molecular flexibility index (Phi) is 5.06.